The molecule has 0 aromatic heterocycles. The number of hydrogen-bond acceptors (Lipinski definition) is 6. The van der Waals surface area contributed by atoms with E-state index in [0.29, 0.717) is 11.4 Å². The molecule has 1 amide bonds. The summed E-state index contributed by atoms with van der Waals surface area (Å²) in [5, 5.41) is 7.89. The number of nitrogens with zero attached hydrogens (tertiary/aromatic N) is 2. The number of rotatable bonds is 5. The Hall–Kier alpha value is -4.26. The molecule has 3 aromatic carbocycles. The van der Waals surface area contributed by atoms with Crippen LogP contribution in [0.4, 0.5) is 32.0 Å². The van der Waals surface area contributed by atoms with Crippen molar-refractivity contribution in [3.05, 3.63) is 95.1 Å². The van der Waals surface area contributed by atoms with Gasteiger partial charge in [-0.3, -0.25) is 9.63 Å². The lowest BCUT2D eigenvalue weighted by molar-refractivity contribution is -0.203. The van der Waals surface area contributed by atoms with E-state index in [1.54, 1.807) is 31.2 Å². The number of anilines is 1. The summed E-state index contributed by atoms with van der Waals surface area (Å²) >= 11 is 0. The third-order valence-electron chi connectivity index (χ3n) is 6.66. The van der Waals surface area contributed by atoms with Gasteiger partial charge in [-0.1, -0.05) is 29.4 Å². The van der Waals surface area contributed by atoms with Gasteiger partial charge in [0.2, 0.25) is 11.7 Å². The number of amides is 1. The zero-order chi connectivity index (χ0) is 28.9. The average Bonchev–Trinajstić information content (AvgIpc) is 3.41. The number of carbonyl (C=O) groups is 1. The maximum atomic E-state index is 13.6. The molecule has 5 rings (SSSR count). The summed E-state index contributed by atoms with van der Waals surface area (Å²) in [6, 6.07) is 14.4. The summed E-state index contributed by atoms with van der Waals surface area (Å²) in [4.78, 5) is 25.4. The van der Waals surface area contributed by atoms with Gasteiger partial charge in [0, 0.05) is 16.8 Å². The molecule has 210 valence electrons. The molecule has 2 aliphatic heterocycles. The number of benzene rings is 3. The second kappa shape index (κ2) is 9.73. The molecule has 3 aromatic rings. The van der Waals surface area contributed by atoms with Crippen LogP contribution < -0.4 is 10.1 Å². The minimum Gasteiger partial charge on any atom is -0.497 e. The van der Waals surface area contributed by atoms with E-state index in [0.717, 1.165) is 53.6 Å². The Bertz CT molecular complexity index is 1420. The lowest BCUT2D eigenvalue weighted by Gasteiger charge is -2.33. The number of methoxy groups -OCH3 is 1. The average molecular weight is 565 g/mol. The number of nitrogens with one attached hydrogen (secondary N) is 1. The Balaban J connectivity index is 1.54. The Morgan fingerprint density at radius 2 is 1.45 bits per heavy atom. The molecule has 1 fully saturated rings. The highest BCUT2D eigenvalue weighted by Gasteiger charge is 2.65. The van der Waals surface area contributed by atoms with Gasteiger partial charge in [-0.2, -0.15) is 31.4 Å². The van der Waals surface area contributed by atoms with Crippen molar-refractivity contribution in [3.63, 3.8) is 0 Å². The highest BCUT2D eigenvalue weighted by Crippen LogP contribution is 2.51. The van der Waals surface area contributed by atoms with E-state index in [4.69, 9.17) is 14.4 Å². The Morgan fingerprint density at radius 3 is 1.98 bits per heavy atom. The third kappa shape index (κ3) is 4.70. The van der Waals surface area contributed by atoms with Crippen LogP contribution in [0.25, 0.3) is 0 Å². The Labute approximate surface area is 223 Å². The summed E-state index contributed by atoms with van der Waals surface area (Å²) in [5.74, 6) is -1.28. The highest BCUT2D eigenvalue weighted by atomic mass is 19.4. The molecule has 2 aliphatic rings. The fourth-order valence-corrected chi connectivity index (χ4v) is 4.71. The number of carbonyl (C=O) groups excluding carboxylic acids is 1. The Morgan fingerprint density at radius 1 is 0.900 bits per heavy atom. The maximum absolute atomic E-state index is 13.6. The van der Waals surface area contributed by atoms with Gasteiger partial charge in [-0.15, -0.1) is 0 Å². The SMILES string of the molecule is COc1ccc(NC(=O)[C@H]2[C@H](C)ON3C(c4ccc(C(F)(F)F)cc4)=NO[C@@]23c2ccc(C(F)(F)F)cc2)cc1. The molecule has 7 nitrogen and oxygen atoms in total. The van der Waals surface area contributed by atoms with Crippen LogP contribution >= 0.6 is 0 Å². The molecule has 0 unspecified atom stereocenters. The van der Waals surface area contributed by atoms with Crippen molar-refractivity contribution >= 4 is 17.4 Å². The quantitative estimate of drug-likeness (QED) is 0.375. The molecule has 1 N–H and O–H groups in total. The maximum Gasteiger partial charge on any atom is 0.416 e. The standard InChI is InChI=1S/C27H21F6N3O4/c1-15-22(24(37)34-20-11-13-21(38-2)14-12-20)25(17-7-9-19(10-8-17)27(31,32)33)36(39-15)23(35-40-25)16-3-5-18(6-4-16)26(28,29)30/h3-15,22H,1-2H3,(H,34,37)/t15-,22+,25-/m0/s1. The molecular weight excluding hydrogens is 544 g/mol. The number of alkyl halides is 6. The van der Waals surface area contributed by atoms with Crippen LogP contribution in [-0.4, -0.2) is 30.0 Å². The summed E-state index contributed by atoms with van der Waals surface area (Å²) in [6.45, 7) is 1.57. The van der Waals surface area contributed by atoms with Gasteiger partial charge >= 0.3 is 12.4 Å². The third-order valence-corrected chi connectivity index (χ3v) is 6.66. The van der Waals surface area contributed by atoms with Crippen molar-refractivity contribution in [2.24, 2.45) is 11.1 Å². The fourth-order valence-electron chi connectivity index (χ4n) is 4.71. The van der Waals surface area contributed by atoms with E-state index >= 15 is 0 Å². The molecule has 0 bridgehead atoms. The molecule has 2 heterocycles. The molecule has 13 heteroatoms. The first-order chi connectivity index (χ1) is 18.8. The predicted octanol–water partition coefficient (Wildman–Crippen LogP) is 6.17. The normalized spacial score (nSPS) is 22.4. The first kappa shape index (κ1) is 27.3. The summed E-state index contributed by atoms with van der Waals surface area (Å²) in [7, 11) is 1.49. The van der Waals surface area contributed by atoms with Gasteiger partial charge in [-0.25, -0.2) is 0 Å². The summed E-state index contributed by atoms with van der Waals surface area (Å²) in [5.41, 5.74) is -2.99. The lowest BCUT2D eigenvalue weighted by atomic mass is 9.84. The number of hydrogen-bond donors (Lipinski definition) is 1. The van der Waals surface area contributed by atoms with Crippen LogP contribution in [0.2, 0.25) is 0 Å². The summed E-state index contributed by atoms with van der Waals surface area (Å²) in [6.07, 6.45) is -10.1. The number of fused-ring (bicyclic) bond motifs is 1. The topological polar surface area (TPSA) is 72.4 Å². The summed E-state index contributed by atoms with van der Waals surface area (Å²) < 4.78 is 84.3. The zero-order valence-electron chi connectivity index (χ0n) is 20.9. The molecule has 40 heavy (non-hydrogen) atoms. The second-order valence-electron chi connectivity index (χ2n) is 9.15. The number of oxime groups is 1. The molecular formula is C27H21F6N3O4. The molecule has 0 spiro atoms. The highest BCUT2D eigenvalue weighted by molar-refractivity contribution is 6.01. The first-order valence-corrected chi connectivity index (χ1v) is 11.9. The predicted molar refractivity (Wildman–Crippen MR) is 130 cm³/mol. The van der Waals surface area contributed by atoms with Crippen LogP contribution in [0.1, 0.15) is 29.2 Å². The van der Waals surface area contributed by atoms with Gasteiger partial charge in [0.15, 0.2) is 0 Å². The van der Waals surface area contributed by atoms with E-state index in [9.17, 15) is 31.1 Å². The van der Waals surface area contributed by atoms with Crippen molar-refractivity contribution in [1.82, 2.24) is 5.06 Å². The zero-order valence-corrected chi connectivity index (χ0v) is 20.9. The minimum absolute atomic E-state index is 0.0554. The molecule has 0 saturated carbocycles. The van der Waals surface area contributed by atoms with Gasteiger partial charge < -0.3 is 14.9 Å². The smallest absolute Gasteiger partial charge is 0.416 e. The van der Waals surface area contributed by atoms with Crippen LogP contribution in [0.5, 0.6) is 5.75 Å². The minimum atomic E-state index is -4.61. The molecule has 3 atom stereocenters. The van der Waals surface area contributed by atoms with Crippen LogP contribution in [0.15, 0.2) is 78.0 Å². The van der Waals surface area contributed by atoms with Crippen molar-refractivity contribution in [2.75, 3.05) is 12.4 Å². The van der Waals surface area contributed by atoms with Crippen molar-refractivity contribution in [1.29, 1.82) is 0 Å². The molecule has 0 radical (unpaired) electrons. The number of hydroxylamine groups is 2. The van der Waals surface area contributed by atoms with Gasteiger partial charge in [0.25, 0.3) is 5.72 Å². The van der Waals surface area contributed by atoms with E-state index in [1.807, 2.05) is 0 Å². The number of halogens is 6. The largest absolute Gasteiger partial charge is 0.497 e. The van der Waals surface area contributed by atoms with E-state index in [-0.39, 0.29) is 17.0 Å². The van der Waals surface area contributed by atoms with Gasteiger partial charge in [0.05, 0.1) is 18.2 Å². The van der Waals surface area contributed by atoms with E-state index < -0.39 is 47.1 Å². The van der Waals surface area contributed by atoms with Crippen LogP contribution in [0, 0.1) is 5.92 Å². The van der Waals surface area contributed by atoms with E-state index in [1.165, 1.54) is 7.11 Å². The van der Waals surface area contributed by atoms with Crippen molar-refractivity contribution < 1.29 is 45.5 Å². The number of ether oxygens (including phenoxy) is 1. The lowest BCUT2D eigenvalue weighted by Crippen LogP contribution is -2.49. The Kier molecular flexibility index (Phi) is 6.65. The second-order valence-corrected chi connectivity index (χ2v) is 9.15. The first-order valence-electron chi connectivity index (χ1n) is 11.9. The van der Waals surface area contributed by atoms with E-state index in [2.05, 4.69) is 10.5 Å². The molecule has 0 aliphatic carbocycles. The fraction of sp³-hybridized carbons (Fsp3) is 0.259. The van der Waals surface area contributed by atoms with Crippen LogP contribution in [-0.2, 0) is 32.5 Å². The van der Waals surface area contributed by atoms with Gasteiger partial charge in [0.1, 0.15) is 17.8 Å². The van der Waals surface area contributed by atoms with Crippen LogP contribution in [0.3, 0.4) is 0 Å². The van der Waals surface area contributed by atoms with Crippen molar-refractivity contribution in [3.8, 4) is 5.75 Å². The molecule has 1 saturated heterocycles. The monoisotopic (exact) mass is 565 g/mol. The number of amidine groups is 1. The van der Waals surface area contributed by atoms with Crippen molar-refractivity contribution in [2.45, 2.75) is 31.1 Å². The van der Waals surface area contributed by atoms with Gasteiger partial charge in [-0.05, 0) is 55.5 Å².